The molecule has 1 atom stereocenters. The molecule has 0 heterocycles. The van der Waals surface area contributed by atoms with E-state index in [0.29, 0.717) is 5.56 Å². The molecule has 0 unspecified atom stereocenters. The molecule has 3 aromatic rings. The van der Waals surface area contributed by atoms with Crippen LogP contribution in [0.5, 0.6) is 0 Å². The predicted octanol–water partition coefficient (Wildman–Crippen LogP) is 4.82. The Hall–Kier alpha value is -2.87. The summed E-state index contributed by atoms with van der Waals surface area (Å²) in [4.78, 5) is 12.7. The van der Waals surface area contributed by atoms with Crippen LogP contribution >= 0.6 is 0 Å². The number of benzene rings is 3. The van der Waals surface area contributed by atoms with Crippen molar-refractivity contribution >= 4 is 5.91 Å². The first-order valence-electron chi connectivity index (χ1n) is 8.12. The van der Waals surface area contributed by atoms with Crippen molar-refractivity contribution in [1.29, 1.82) is 0 Å². The van der Waals surface area contributed by atoms with Gasteiger partial charge in [0.2, 0.25) is 0 Å². The van der Waals surface area contributed by atoms with Crippen molar-refractivity contribution in [3.8, 4) is 0 Å². The maximum Gasteiger partial charge on any atom is 0.252 e. The molecule has 3 rings (SSSR count). The molecule has 0 aliphatic heterocycles. The van der Waals surface area contributed by atoms with E-state index < -0.39 is 0 Å². The van der Waals surface area contributed by atoms with Crippen molar-refractivity contribution in [1.82, 2.24) is 5.32 Å². The minimum Gasteiger partial charge on any atom is -0.341 e. The molecule has 1 amide bonds. The van der Waals surface area contributed by atoms with E-state index in [1.807, 2.05) is 61.5 Å². The SMILES string of the molecule is Cc1ccc(C(=O)N[C@@H](c2ccccc2)c2ccc(C)cc2)cc1. The van der Waals surface area contributed by atoms with E-state index >= 15 is 0 Å². The number of amides is 1. The summed E-state index contributed by atoms with van der Waals surface area (Å²) >= 11 is 0. The van der Waals surface area contributed by atoms with E-state index in [9.17, 15) is 4.79 Å². The fraction of sp³-hybridized carbons (Fsp3) is 0.136. The molecule has 24 heavy (non-hydrogen) atoms. The van der Waals surface area contributed by atoms with Crippen molar-refractivity contribution < 1.29 is 4.79 Å². The first kappa shape index (κ1) is 16.0. The molecule has 0 spiro atoms. The Balaban J connectivity index is 1.91. The Bertz CT molecular complexity index is 805. The van der Waals surface area contributed by atoms with Gasteiger partial charge in [-0.2, -0.15) is 0 Å². The standard InChI is InChI=1S/C22H21NO/c1-16-8-12-19(13-9-16)21(18-6-4-3-5-7-18)23-22(24)20-14-10-17(2)11-15-20/h3-15,21H,1-2H3,(H,23,24)/t21-/m0/s1. The van der Waals surface area contributed by atoms with Gasteiger partial charge in [0.05, 0.1) is 6.04 Å². The summed E-state index contributed by atoms with van der Waals surface area (Å²) in [6.45, 7) is 4.08. The zero-order valence-electron chi connectivity index (χ0n) is 14.0. The first-order chi connectivity index (χ1) is 11.6. The number of aryl methyl sites for hydroxylation is 2. The Labute approximate surface area is 143 Å². The normalized spacial score (nSPS) is 11.8. The van der Waals surface area contributed by atoms with Gasteiger partial charge in [-0.3, -0.25) is 4.79 Å². The molecule has 0 aromatic heterocycles. The third-order valence-electron chi connectivity index (χ3n) is 4.13. The predicted molar refractivity (Wildman–Crippen MR) is 98.1 cm³/mol. The van der Waals surface area contributed by atoms with Crippen LogP contribution in [0.3, 0.4) is 0 Å². The molecule has 120 valence electrons. The third kappa shape index (κ3) is 3.72. The quantitative estimate of drug-likeness (QED) is 0.734. The summed E-state index contributed by atoms with van der Waals surface area (Å²) in [5, 5.41) is 3.17. The van der Waals surface area contributed by atoms with E-state index in [0.717, 1.165) is 16.7 Å². The molecular weight excluding hydrogens is 294 g/mol. The van der Waals surface area contributed by atoms with E-state index in [1.165, 1.54) is 5.56 Å². The van der Waals surface area contributed by atoms with Crippen molar-refractivity contribution in [2.45, 2.75) is 19.9 Å². The highest BCUT2D eigenvalue weighted by Crippen LogP contribution is 2.23. The summed E-state index contributed by atoms with van der Waals surface area (Å²) in [7, 11) is 0. The number of carbonyl (C=O) groups excluding carboxylic acids is 1. The lowest BCUT2D eigenvalue weighted by Gasteiger charge is -2.20. The summed E-state index contributed by atoms with van der Waals surface area (Å²) in [6, 6.07) is 25.8. The monoisotopic (exact) mass is 315 g/mol. The van der Waals surface area contributed by atoms with Crippen LogP contribution in [0.2, 0.25) is 0 Å². The van der Waals surface area contributed by atoms with E-state index in [1.54, 1.807) is 0 Å². The van der Waals surface area contributed by atoms with Crippen LogP contribution in [0.4, 0.5) is 0 Å². The second-order valence-corrected chi connectivity index (χ2v) is 6.09. The molecule has 0 bridgehead atoms. The summed E-state index contributed by atoms with van der Waals surface area (Å²) < 4.78 is 0. The second kappa shape index (κ2) is 7.14. The van der Waals surface area contributed by atoms with Gasteiger partial charge in [0.15, 0.2) is 0 Å². The van der Waals surface area contributed by atoms with Gasteiger partial charge in [-0.05, 0) is 37.1 Å². The van der Waals surface area contributed by atoms with Gasteiger partial charge in [0.1, 0.15) is 0 Å². The van der Waals surface area contributed by atoms with Gasteiger partial charge >= 0.3 is 0 Å². The van der Waals surface area contributed by atoms with Crippen LogP contribution < -0.4 is 5.32 Å². The van der Waals surface area contributed by atoms with Crippen LogP contribution in [0, 0.1) is 13.8 Å². The maximum absolute atomic E-state index is 12.7. The molecule has 2 heteroatoms. The Kier molecular flexibility index (Phi) is 4.76. The van der Waals surface area contributed by atoms with Gasteiger partial charge in [-0.15, -0.1) is 0 Å². The fourth-order valence-electron chi connectivity index (χ4n) is 2.68. The van der Waals surface area contributed by atoms with Gasteiger partial charge in [0, 0.05) is 5.56 Å². The zero-order valence-corrected chi connectivity index (χ0v) is 14.0. The largest absolute Gasteiger partial charge is 0.341 e. The highest BCUT2D eigenvalue weighted by Gasteiger charge is 2.17. The third-order valence-corrected chi connectivity index (χ3v) is 4.13. The molecular formula is C22H21NO. The van der Waals surface area contributed by atoms with Gasteiger partial charge in [-0.25, -0.2) is 0 Å². The first-order valence-corrected chi connectivity index (χ1v) is 8.12. The molecule has 3 aromatic carbocycles. The number of nitrogens with one attached hydrogen (secondary N) is 1. The number of rotatable bonds is 4. The van der Waals surface area contributed by atoms with Crippen molar-refractivity contribution in [2.75, 3.05) is 0 Å². The van der Waals surface area contributed by atoms with Crippen molar-refractivity contribution in [3.63, 3.8) is 0 Å². The van der Waals surface area contributed by atoms with Crippen LogP contribution in [-0.2, 0) is 0 Å². The number of hydrogen-bond donors (Lipinski definition) is 1. The minimum atomic E-state index is -0.166. The molecule has 0 aliphatic rings. The lowest BCUT2D eigenvalue weighted by atomic mass is 9.97. The number of carbonyl (C=O) groups is 1. The van der Waals surface area contributed by atoms with Crippen LogP contribution in [0.15, 0.2) is 78.9 Å². The lowest BCUT2D eigenvalue weighted by Crippen LogP contribution is -2.29. The molecule has 0 radical (unpaired) electrons. The van der Waals surface area contributed by atoms with Crippen molar-refractivity contribution in [3.05, 3.63) is 107 Å². The van der Waals surface area contributed by atoms with Crippen LogP contribution in [-0.4, -0.2) is 5.91 Å². The van der Waals surface area contributed by atoms with E-state index in [2.05, 4.69) is 36.5 Å². The minimum absolute atomic E-state index is 0.0653. The Morgan fingerprint density at radius 1 is 0.708 bits per heavy atom. The Morgan fingerprint density at radius 3 is 1.79 bits per heavy atom. The van der Waals surface area contributed by atoms with Gasteiger partial charge < -0.3 is 5.32 Å². The zero-order chi connectivity index (χ0) is 16.9. The molecule has 1 N–H and O–H groups in total. The van der Waals surface area contributed by atoms with E-state index in [-0.39, 0.29) is 11.9 Å². The number of hydrogen-bond acceptors (Lipinski definition) is 1. The van der Waals surface area contributed by atoms with E-state index in [4.69, 9.17) is 0 Å². The highest BCUT2D eigenvalue weighted by atomic mass is 16.1. The molecule has 0 saturated carbocycles. The topological polar surface area (TPSA) is 29.1 Å². The lowest BCUT2D eigenvalue weighted by molar-refractivity contribution is 0.0943. The molecule has 0 saturated heterocycles. The summed E-state index contributed by atoms with van der Waals surface area (Å²) in [5.41, 5.74) is 5.17. The second-order valence-electron chi connectivity index (χ2n) is 6.09. The van der Waals surface area contributed by atoms with Crippen LogP contribution in [0.25, 0.3) is 0 Å². The summed E-state index contributed by atoms with van der Waals surface area (Å²) in [6.07, 6.45) is 0. The smallest absolute Gasteiger partial charge is 0.252 e. The molecule has 2 nitrogen and oxygen atoms in total. The van der Waals surface area contributed by atoms with Crippen molar-refractivity contribution in [2.24, 2.45) is 0 Å². The van der Waals surface area contributed by atoms with Crippen LogP contribution in [0.1, 0.15) is 38.7 Å². The van der Waals surface area contributed by atoms with Gasteiger partial charge in [0.25, 0.3) is 5.91 Å². The average molecular weight is 315 g/mol. The average Bonchev–Trinajstić information content (AvgIpc) is 2.62. The highest BCUT2D eigenvalue weighted by molar-refractivity contribution is 5.94. The fourth-order valence-corrected chi connectivity index (χ4v) is 2.68. The maximum atomic E-state index is 12.7. The molecule has 0 aliphatic carbocycles. The molecule has 0 fully saturated rings. The summed E-state index contributed by atoms with van der Waals surface area (Å²) in [5.74, 6) is -0.0653. The van der Waals surface area contributed by atoms with Gasteiger partial charge in [-0.1, -0.05) is 77.9 Å². The Morgan fingerprint density at radius 2 is 1.21 bits per heavy atom.